The molecule has 1 aliphatic heterocycles. The zero-order chi connectivity index (χ0) is 19.5. The lowest BCUT2D eigenvalue weighted by molar-refractivity contribution is -0.384. The summed E-state index contributed by atoms with van der Waals surface area (Å²) in [6.07, 6.45) is 0.854. The molecular formula is C20H17N3O4S. The number of nitro benzene ring substituents is 1. The smallest absolute Gasteiger partial charge is 0.270 e. The number of hydrogen-bond donors (Lipinski definition) is 1. The quantitative estimate of drug-likeness (QED) is 0.525. The Labute approximate surface area is 165 Å². The van der Waals surface area contributed by atoms with Gasteiger partial charge in [0.05, 0.1) is 11.5 Å². The highest BCUT2D eigenvalue weighted by Crippen LogP contribution is 2.28. The summed E-state index contributed by atoms with van der Waals surface area (Å²) in [6, 6.07) is 14.1. The molecule has 8 heteroatoms. The van der Waals surface area contributed by atoms with E-state index in [4.69, 9.17) is 4.74 Å². The standard InChI is InChI=1S/C20H17N3O4S/c24-19(21-10-13-8-14-4-1-2-7-18(14)27-11-13)17-12-28-20(22-17)15-5-3-6-16(9-15)23(25)26/h1-7,9,12-13H,8,10-11H2,(H,21,24). The van der Waals surface area contributed by atoms with Crippen LogP contribution in [0.5, 0.6) is 5.75 Å². The number of aromatic nitrogens is 1. The van der Waals surface area contributed by atoms with Crippen molar-refractivity contribution in [3.63, 3.8) is 0 Å². The lowest BCUT2D eigenvalue weighted by Crippen LogP contribution is -2.34. The van der Waals surface area contributed by atoms with Gasteiger partial charge in [0.15, 0.2) is 0 Å². The van der Waals surface area contributed by atoms with Crippen LogP contribution >= 0.6 is 11.3 Å². The first-order valence-corrected chi connectivity index (χ1v) is 9.67. The van der Waals surface area contributed by atoms with Gasteiger partial charge in [-0.25, -0.2) is 4.98 Å². The van der Waals surface area contributed by atoms with Crippen LogP contribution in [0.25, 0.3) is 10.6 Å². The van der Waals surface area contributed by atoms with Gasteiger partial charge >= 0.3 is 0 Å². The first-order valence-electron chi connectivity index (χ1n) is 8.79. The van der Waals surface area contributed by atoms with Crippen molar-refractivity contribution < 1.29 is 14.5 Å². The van der Waals surface area contributed by atoms with E-state index in [-0.39, 0.29) is 17.5 Å². The molecule has 1 unspecified atom stereocenters. The number of benzene rings is 2. The second-order valence-electron chi connectivity index (χ2n) is 6.54. The summed E-state index contributed by atoms with van der Waals surface area (Å²) in [7, 11) is 0. The lowest BCUT2D eigenvalue weighted by Gasteiger charge is -2.25. The Bertz CT molecular complexity index is 1030. The maximum Gasteiger partial charge on any atom is 0.270 e. The number of para-hydroxylation sites is 1. The third-order valence-corrected chi connectivity index (χ3v) is 5.44. The monoisotopic (exact) mass is 395 g/mol. The number of nitrogens with one attached hydrogen (secondary N) is 1. The van der Waals surface area contributed by atoms with Crippen LogP contribution in [-0.4, -0.2) is 29.0 Å². The molecule has 2 heterocycles. The summed E-state index contributed by atoms with van der Waals surface area (Å²) in [5, 5.41) is 16.1. The molecule has 1 aromatic heterocycles. The normalized spacial score (nSPS) is 15.4. The van der Waals surface area contributed by atoms with Crippen LogP contribution in [-0.2, 0) is 6.42 Å². The predicted molar refractivity (Wildman–Crippen MR) is 106 cm³/mol. The fraction of sp³-hybridized carbons (Fsp3) is 0.200. The zero-order valence-corrected chi connectivity index (χ0v) is 15.6. The van der Waals surface area contributed by atoms with Crippen molar-refractivity contribution in [1.82, 2.24) is 10.3 Å². The highest BCUT2D eigenvalue weighted by Gasteiger charge is 2.21. The average molecular weight is 395 g/mol. The molecule has 2 aromatic carbocycles. The third-order valence-electron chi connectivity index (χ3n) is 4.55. The average Bonchev–Trinajstić information content (AvgIpc) is 3.22. The molecule has 1 atom stereocenters. The number of hydrogen-bond acceptors (Lipinski definition) is 6. The van der Waals surface area contributed by atoms with E-state index in [0.29, 0.717) is 29.4 Å². The van der Waals surface area contributed by atoms with E-state index < -0.39 is 4.92 Å². The summed E-state index contributed by atoms with van der Waals surface area (Å²) >= 11 is 1.28. The van der Waals surface area contributed by atoms with Crippen molar-refractivity contribution in [3.8, 4) is 16.3 Å². The Balaban J connectivity index is 1.39. The van der Waals surface area contributed by atoms with E-state index >= 15 is 0 Å². The number of ether oxygens (including phenoxy) is 1. The Morgan fingerprint density at radius 1 is 1.29 bits per heavy atom. The number of carbonyl (C=O) groups excluding carboxylic acids is 1. The summed E-state index contributed by atoms with van der Waals surface area (Å²) < 4.78 is 5.75. The highest BCUT2D eigenvalue weighted by molar-refractivity contribution is 7.13. The van der Waals surface area contributed by atoms with Gasteiger partial charge in [-0.05, 0) is 18.1 Å². The molecule has 1 aliphatic rings. The van der Waals surface area contributed by atoms with Crippen molar-refractivity contribution in [1.29, 1.82) is 0 Å². The van der Waals surface area contributed by atoms with Gasteiger partial charge in [-0.15, -0.1) is 11.3 Å². The summed E-state index contributed by atoms with van der Waals surface area (Å²) in [5.41, 5.74) is 2.07. The molecule has 142 valence electrons. The van der Waals surface area contributed by atoms with Crippen LogP contribution < -0.4 is 10.1 Å². The van der Waals surface area contributed by atoms with E-state index in [9.17, 15) is 14.9 Å². The number of nitro groups is 1. The van der Waals surface area contributed by atoms with Gasteiger partial charge in [0.1, 0.15) is 16.5 Å². The van der Waals surface area contributed by atoms with Gasteiger partial charge in [-0.2, -0.15) is 0 Å². The minimum absolute atomic E-state index is 0.00344. The van der Waals surface area contributed by atoms with E-state index in [1.807, 2.05) is 24.3 Å². The Kier molecular flexibility index (Phi) is 5.03. The first-order chi connectivity index (χ1) is 13.6. The second kappa shape index (κ2) is 7.77. The molecule has 1 N–H and O–H groups in total. The van der Waals surface area contributed by atoms with Crippen molar-refractivity contribution in [3.05, 3.63) is 75.3 Å². The largest absolute Gasteiger partial charge is 0.493 e. The lowest BCUT2D eigenvalue weighted by atomic mass is 9.97. The maximum absolute atomic E-state index is 12.4. The summed E-state index contributed by atoms with van der Waals surface area (Å²) in [6.45, 7) is 1.06. The van der Waals surface area contributed by atoms with Crippen molar-refractivity contribution in [2.75, 3.05) is 13.2 Å². The molecule has 1 amide bonds. The van der Waals surface area contributed by atoms with Gasteiger partial charge < -0.3 is 10.1 Å². The summed E-state index contributed by atoms with van der Waals surface area (Å²) in [5.74, 6) is 0.853. The molecule has 4 rings (SSSR count). The van der Waals surface area contributed by atoms with Crippen LogP contribution in [0.1, 0.15) is 16.1 Å². The number of thiazole rings is 1. The molecule has 3 aromatic rings. The molecular weight excluding hydrogens is 378 g/mol. The van der Waals surface area contributed by atoms with Gasteiger partial charge in [-0.3, -0.25) is 14.9 Å². The molecule has 0 saturated heterocycles. The minimum atomic E-state index is -0.449. The SMILES string of the molecule is O=C(NCC1COc2ccccc2C1)c1csc(-c2cccc([N+](=O)[O-])c2)n1. The third kappa shape index (κ3) is 3.86. The predicted octanol–water partition coefficient (Wildman–Crippen LogP) is 3.70. The molecule has 0 bridgehead atoms. The van der Waals surface area contributed by atoms with Crippen LogP contribution in [0.2, 0.25) is 0 Å². The maximum atomic E-state index is 12.4. The van der Waals surface area contributed by atoms with E-state index in [2.05, 4.69) is 10.3 Å². The molecule has 0 fully saturated rings. The molecule has 0 saturated carbocycles. The van der Waals surface area contributed by atoms with Gasteiger partial charge in [0.2, 0.25) is 0 Å². The van der Waals surface area contributed by atoms with E-state index in [1.165, 1.54) is 23.5 Å². The van der Waals surface area contributed by atoms with Gasteiger partial charge in [-0.1, -0.05) is 30.3 Å². The number of non-ortho nitro benzene ring substituents is 1. The number of fused-ring (bicyclic) bond motifs is 1. The van der Waals surface area contributed by atoms with E-state index in [1.54, 1.807) is 17.5 Å². The van der Waals surface area contributed by atoms with Crippen LogP contribution in [0.4, 0.5) is 5.69 Å². The molecule has 0 aliphatic carbocycles. The second-order valence-corrected chi connectivity index (χ2v) is 7.40. The van der Waals surface area contributed by atoms with Gasteiger partial charge in [0, 0.05) is 35.5 Å². The number of amides is 1. The van der Waals surface area contributed by atoms with Crippen LogP contribution in [0.3, 0.4) is 0 Å². The van der Waals surface area contributed by atoms with Crippen LogP contribution in [0, 0.1) is 16.0 Å². The number of nitrogens with zero attached hydrogens (tertiary/aromatic N) is 2. The molecule has 28 heavy (non-hydrogen) atoms. The summed E-state index contributed by atoms with van der Waals surface area (Å²) in [4.78, 5) is 27.2. The highest BCUT2D eigenvalue weighted by atomic mass is 32.1. The van der Waals surface area contributed by atoms with Gasteiger partial charge in [0.25, 0.3) is 11.6 Å². The van der Waals surface area contributed by atoms with Crippen molar-refractivity contribution in [2.45, 2.75) is 6.42 Å². The number of rotatable bonds is 5. The van der Waals surface area contributed by atoms with E-state index in [0.717, 1.165) is 17.7 Å². The van der Waals surface area contributed by atoms with Crippen LogP contribution in [0.15, 0.2) is 53.9 Å². The molecule has 0 radical (unpaired) electrons. The topological polar surface area (TPSA) is 94.4 Å². The Morgan fingerprint density at radius 2 is 2.14 bits per heavy atom. The Morgan fingerprint density at radius 3 is 3.00 bits per heavy atom. The van der Waals surface area contributed by atoms with Crippen molar-refractivity contribution >= 4 is 22.9 Å². The minimum Gasteiger partial charge on any atom is -0.493 e. The number of carbonyl (C=O) groups is 1. The zero-order valence-electron chi connectivity index (χ0n) is 14.8. The molecule has 7 nitrogen and oxygen atoms in total. The molecule has 0 spiro atoms. The fourth-order valence-electron chi connectivity index (χ4n) is 3.11. The first kappa shape index (κ1) is 18.1. The van der Waals surface area contributed by atoms with Crippen molar-refractivity contribution in [2.24, 2.45) is 5.92 Å². The Hall–Kier alpha value is -3.26. The fourth-order valence-corrected chi connectivity index (χ4v) is 3.91.